The van der Waals surface area contributed by atoms with Crippen LogP contribution in [0.4, 0.5) is 10.7 Å². The standard InChI is InChI=1S/C15H25N3O2S/c1-4-6-7-8-9-18-15-11(14(20)17-3)12(16)13(21-15)10(19)5-2/h18H,4-9,16H2,1-3H3,(H,17,20). The van der Waals surface area contributed by atoms with Crippen LogP contribution in [0.5, 0.6) is 0 Å². The second-order valence-corrected chi connectivity index (χ2v) is 5.91. The van der Waals surface area contributed by atoms with Gasteiger partial charge in [-0.15, -0.1) is 11.3 Å². The topological polar surface area (TPSA) is 84.2 Å². The smallest absolute Gasteiger partial charge is 0.256 e. The minimum absolute atomic E-state index is 0.0262. The summed E-state index contributed by atoms with van der Waals surface area (Å²) >= 11 is 1.28. The predicted octanol–water partition coefficient (Wildman–Crippen LogP) is 3.27. The molecule has 0 saturated heterocycles. The molecule has 21 heavy (non-hydrogen) atoms. The Morgan fingerprint density at radius 2 is 1.90 bits per heavy atom. The van der Waals surface area contributed by atoms with E-state index in [4.69, 9.17) is 5.73 Å². The third kappa shape index (κ3) is 4.46. The molecule has 0 saturated carbocycles. The normalized spacial score (nSPS) is 10.4. The van der Waals surface area contributed by atoms with E-state index in [1.54, 1.807) is 14.0 Å². The number of carbonyl (C=O) groups is 2. The molecule has 6 heteroatoms. The van der Waals surface area contributed by atoms with Gasteiger partial charge in [0.1, 0.15) is 5.00 Å². The molecule has 0 aliphatic rings. The first-order valence-electron chi connectivity index (χ1n) is 7.48. The molecule has 0 unspecified atom stereocenters. The zero-order valence-electron chi connectivity index (χ0n) is 13.0. The van der Waals surface area contributed by atoms with Crippen molar-refractivity contribution in [3.8, 4) is 0 Å². The first-order chi connectivity index (χ1) is 10.1. The Balaban J connectivity index is 2.90. The highest BCUT2D eigenvalue weighted by atomic mass is 32.1. The summed E-state index contributed by atoms with van der Waals surface area (Å²) in [5.74, 6) is -0.281. The van der Waals surface area contributed by atoms with E-state index in [1.165, 1.54) is 24.2 Å². The van der Waals surface area contributed by atoms with Crippen LogP contribution in [0.1, 0.15) is 66.0 Å². The summed E-state index contributed by atoms with van der Waals surface area (Å²) in [6.45, 7) is 4.74. The van der Waals surface area contributed by atoms with Gasteiger partial charge in [0.15, 0.2) is 5.78 Å². The van der Waals surface area contributed by atoms with Crippen LogP contribution in [0.15, 0.2) is 0 Å². The minimum atomic E-state index is -0.255. The number of nitrogens with one attached hydrogen (secondary N) is 2. The fourth-order valence-electron chi connectivity index (χ4n) is 2.04. The molecular weight excluding hydrogens is 286 g/mol. The Bertz CT molecular complexity index is 497. The monoisotopic (exact) mass is 311 g/mol. The second-order valence-electron chi connectivity index (χ2n) is 4.89. The molecule has 1 aromatic heterocycles. The van der Waals surface area contributed by atoms with E-state index in [-0.39, 0.29) is 11.7 Å². The highest BCUT2D eigenvalue weighted by Crippen LogP contribution is 2.36. The summed E-state index contributed by atoms with van der Waals surface area (Å²) in [6.07, 6.45) is 4.96. The lowest BCUT2D eigenvalue weighted by Gasteiger charge is -2.07. The average Bonchev–Trinajstić information content (AvgIpc) is 2.82. The van der Waals surface area contributed by atoms with Crippen LogP contribution < -0.4 is 16.4 Å². The lowest BCUT2D eigenvalue weighted by molar-refractivity contribution is 0.0964. The Morgan fingerprint density at radius 1 is 1.19 bits per heavy atom. The molecule has 0 bridgehead atoms. The first kappa shape index (κ1) is 17.5. The SMILES string of the molecule is CCCCCCNc1sc(C(=O)CC)c(N)c1C(=O)NC. The van der Waals surface area contributed by atoms with Crippen molar-refractivity contribution in [1.29, 1.82) is 0 Å². The minimum Gasteiger partial charge on any atom is -0.397 e. The molecule has 0 fully saturated rings. The van der Waals surface area contributed by atoms with Crippen molar-refractivity contribution in [2.75, 3.05) is 24.6 Å². The lowest BCUT2D eigenvalue weighted by atomic mass is 10.1. The number of amides is 1. The molecule has 0 radical (unpaired) electrons. The van der Waals surface area contributed by atoms with Crippen molar-refractivity contribution in [1.82, 2.24) is 5.32 Å². The number of thiophene rings is 1. The number of anilines is 2. The fraction of sp³-hybridized carbons (Fsp3) is 0.600. The maximum absolute atomic E-state index is 12.0. The van der Waals surface area contributed by atoms with Crippen LogP contribution in [0.3, 0.4) is 0 Å². The second kappa shape index (κ2) is 8.67. The van der Waals surface area contributed by atoms with Crippen LogP contribution in [-0.2, 0) is 0 Å². The van der Waals surface area contributed by atoms with Gasteiger partial charge in [-0.05, 0) is 6.42 Å². The summed E-state index contributed by atoms with van der Waals surface area (Å²) in [5.41, 5.74) is 6.69. The molecule has 4 N–H and O–H groups in total. The van der Waals surface area contributed by atoms with Crippen LogP contribution in [-0.4, -0.2) is 25.3 Å². The highest BCUT2D eigenvalue weighted by Gasteiger charge is 2.23. The Labute approximate surface area is 130 Å². The number of rotatable bonds is 9. The number of hydrogen-bond donors (Lipinski definition) is 3. The maximum Gasteiger partial charge on any atom is 0.256 e. The molecule has 1 aromatic rings. The number of carbonyl (C=O) groups excluding carboxylic acids is 2. The third-order valence-corrected chi connectivity index (χ3v) is 4.49. The van der Waals surface area contributed by atoms with Crippen molar-refractivity contribution in [2.45, 2.75) is 46.0 Å². The van der Waals surface area contributed by atoms with Crippen molar-refractivity contribution in [3.63, 3.8) is 0 Å². The molecule has 1 heterocycles. The maximum atomic E-state index is 12.0. The number of unbranched alkanes of at least 4 members (excludes halogenated alkanes) is 3. The van der Waals surface area contributed by atoms with Gasteiger partial charge in [0.05, 0.1) is 16.1 Å². The van der Waals surface area contributed by atoms with Crippen molar-refractivity contribution >= 4 is 33.7 Å². The molecular formula is C15H25N3O2S. The molecule has 5 nitrogen and oxygen atoms in total. The van der Waals surface area contributed by atoms with Crippen molar-refractivity contribution in [3.05, 3.63) is 10.4 Å². The summed E-state index contributed by atoms with van der Waals surface area (Å²) in [4.78, 5) is 24.4. The van der Waals surface area contributed by atoms with Crippen LogP contribution >= 0.6 is 11.3 Å². The van der Waals surface area contributed by atoms with Gasteiger partial charge >= 0.3 is 0 Å². The van der Waals surface area contributed by atoms with Crippen LogP contribution in [0.2, 0.25) is 0 Å². The Kier molecular flexibility index (Phi) is 7.22. The van der Waals surface area contributed by atoms with Gasteiger partial charge < -0.3 is 16.4 Å². The van der Waals surface area contributed by atoms with E-state index >= 15 is 0 Å². The van der Waals surface area contributed by atoms with Gasteiger partial charge in [-0.3, -0.25) is 9.59 Å². The molecule has 1 amide bonds. The van der Waals surface area contributed by atoms with Gasteiger partial charge in [0.2, 0.25) is 0 Å². The van der Waals surface area contributed by atoms with E-state index in [9.17, 15) is 9.59 Å². The number of nitrogens with two attached hydrogens (primary N) is 1. The zero-order valence-corrected chi connectivity index (χ0v) is 13.9. The molecule has 1 rings (SSSR count). The van der Waals surface area contributed by atoms with Gasteiger partial charge in [0, 0.05) is 20.0 Å². The quantitative estimate of drug-likeness (QED) is 0.483. The summed E-state index contributed by atoms with van der Waals surface area (Å²) in [7, 11) is 1.56. The molecule has 0 aliphatic carbocycles. The molecule has 0 aromatic carbocycles. The predicted molar refractivity (Wildman–Crippen MR) is 89.4 cm³/mol. The Hall–Kier alpha value is -1.56. The molecule has 118 valence electrons. The van der Waals surface area contributed by atoms with Crippen molar-refractivity contribution < 1.29 is 9.59 Å². The lowest BCUT2D eigenvalue weighted by Crippen LogP contribution is -2.20. The van der Waals surface area contributed by atoms with Gasteiger partial charge in [-0.1, -0.05) is 33.1 Å². The molecule has 0 spiro atoms. The Morgan fingerprint density at radius 3 is 2.48 bits per heavy atom. The number of hydrogen-bond acceptors (Lipinski definition) is 5. The van der Waals surface area contributed by atoms with E-state index in [0.717, 1.165) is 19.4 Å². The summed E-state index contributed by atoms with van der Waals surface area (Å²) in [5, 5.41) is 6.53. The van der Waals surface area contributed by atoms with Crippen LogP contribution in [0, 0.1) is 0 Å². The molecule has 0 aliphatic heterocycles. The van der Waals surface area contributed by atoms with Gasteiger partial charge in [-0.2, -0.15) is 0 Å². The first-order valence-corrected chi connectivity index (χ1v) is 8.29. The molecule has 0 atom stereocenters. The highest BCUT2D eigenvalue weighted by molar-refractivity contribution is 7.19. The zero-order chi connectivity index (χ0) is 15.8. The largest absolute Gasteiger partial charge is 0.397 e. The van der Waals surface area contributed by atoms with Gasteiger partial charge in [0.25, 0.3) is 5.91 Å². The number of ketones is 1. The number of nitrogen functional groups attached to an aromatic ring is 1. The van der Waals surface area contributed by atoms with E-state index in [0.29, 0.717) is 27.5 Å². The third-order valence-electron chi connectivity index (χ3n) is 3.29. The van der Waals surface area contributed by atoms with E-state index in [1.807, 2.05) is 0 Å². The van der Waals surface area contributed by atoms with E-state index in [2.05, 4.69) is 17.6 Å². The summed E-state index contributed by atoms with van der Waals surface area (Å²) < 4.78 is 0. The fourth-order valence-corrected chi connectivity index (χ4v) is 3.19. The van der Waals surface area contributed by atoms with Crippen molar-refractivity contribution in [2.24, 2.45) is 0 Å². The average molecular weight is 311 g/mol. The number of Topliss-reactive ketones (excluding diaryl/α,β-unsaturated/α-hetero) is 1. The van der Waals surface area contributed by atoms with Crippen LogP contribution in [0.25, 0.3) is 0 Å². The van der Waals surface area contributed by atoms with E-state index < -0.39 is 0 Å². The summed E-state index contributed by atoms with van der Waals surface area (Å²) in [6, 6.07) is 0. The van der Waals surface area contributed by atoms with Gasteiger partial charge in [-0.25, -0.2) is 0 Å².